The second kappa shape index (κ2) is 8.24. The molecule has 1 aliphatic carbocycles. The van der Waals surface area contributed by atoms with E-state index in [0.717, 1.165) is 11.4 Å². The molecule has 190 valence electrons. The Hall–Kier alpha value is -3.04. The minimum Gasteiger partial charge on any atom is -0.492 e. The smallest absolute Gasteiger partial charge is 0.235 e. The Bertz CT molecular complexity index is 1350. The number of hydrogen-bond acceptors (Lipinski definition) is 5. The Balaban J connectivity index is 1.09. The first-order valence-corrected chi connectivity index (χ1v) is 12.5. The fourth-order valence-corrected chi connectivity index (χ4v) is 6.28. The molecule has 1 spiro atoms. The fraction of sp³-hybridized carbons (Fsp3) is 0.481. The van der Waals surface area contributed by atoms with Gasteiger partial charge in [-0.15, -0.1) is 0 Å². The van der Waals surface area contributed by atoms with Gasteiger partial charge in [-0.05, 0) is 76.4 Å². The molecule has 2 N–H and O–H groups in total. The Labute approximate surface area is 208 Å². The molecule has 2 fully saturated rings. The van der Waals surface area contributed by atoms with E-state index in [1.165, 1.54) is 18.2 Å². The molecule has 3 heterocycles. The van der Waals surface area contributed by atoms with Crippen LogP contribution in [0.2, 0.25) is 0 Å². The molecule has 36 heavy (non-hydrogen) atoms. The topological polar surface area (TPSA) is 79.6 Å². The number of nitrogens with one attached hydrogen (secondary N) is 1. The zero-order chi connectivity index (χ0) is 25.2. The van der Waals surface area contributed by atoms with Crippen LogP contribution in [-0.2, 0) is 10.2 Å². The number of likely N-dealkylation sites (tertiary alicyclic amines) is 1. The van der Waals surface area contributed by atoms with Gasteiger partial charge in [0.2, 0.25) is 5.91 Å². The average Bonchev–Trinajstić information content (AvgIpc) is 3.27. The summed E-state index contributed by atoms with van der Waals surface area (Å²) in [6.07, 6.45) is 2.38. The summed E-state index contributed by atoms with van der Waals surface area (Å²) in [5, 5.41) is 13.0. The molecule has 1 saturated carbocycles. The van der Waals surface area contributed by atoms with E-state index in [2.05, 4.69) is 15.2 Å². The van der Waals surface area contributed by atoms with Gasteiger partial charge in [-0.1, -0.05) is 0 Å². The van der Waals surface area contributed by atoms with Gasteiger partial charge in [-0.25, -0.2) is 13.8 Å². The third kappa shape index (κ3) is 3.76. The van der Waals surface area contributed by atoms with Crippen molar-refractivity contribution < 1.29 is 23.4 Å². The molecule has 0 radical (unpaired) electrons. The van der Waals surface area contributed by atoms with Crippen LogP contribution in [0.15, 0.2) is 30.3 Å². The van der Waals surface area contributed by atoms with E-state index in [4.69, 9.17) is 4.74 Å². The highest BCUT2D eigenvalue weighted by molar-refractivity contribution is 6.06. The van der Waals surface area contributed by atoms with Crippen LogP contribution in [0.3, 0.4) is 0 Å². The first kappa shape index (κ1) is 23.4. The van der Waals surface area contributed by atoms with Crippen molar-refractivity contribution in [1.29, 1.82) is 0 Å². The number of halogens is 2. The number of benzene rings is 2. The number of aliphatic hydroxyl groups is 1. The Morgan fingerprint density at radius 2 is 1.94 bits per heavy atom. The number of carbonyl (C=O) groups is 1. The van der Waals surface area contributed by atoms with Crippen molar-refractivity contribution in [2.45, 2.75) is 56.6 Å². The van der Waals surface area contributed by atoms with Crippen LogP contribution in [-0.4, -0.2) is 57.3 Å². The highest BCUT2D eigenvalue weighted by Crippen LogP contribution is 2.45. The summed E-state index contributed by atoms with van der Waals surface area (Å²) in [5.41, 5.74) is 1.08. The zero-order valence-electron chi connectivity index (χ0n) is 20.5. The van der Waals surface area contributed by atoms with Gasteiger partial charge in [0.15, 0.2) is 5.82 Å². The van der Waals surface area contributed by atoms with Gasteiger partial charge in [0.05, 0.1) is 16.5 Å². The zero-order valence-corrected chi connectivity index (χ0v) is 20.5. The second-order valence-corrected chi connectivity index (χ2v) is 10.8. The maximum Gasteiger partial charge on any atom is 0.235 e. The third-order valence-electron chi connectivity index (χ3n) is 8.17. The van der Waals surface area contributed by atoms with Gasteiger partial charge in [-0.3, -0.25) is 9.69 Å². The summed E-state index contributed by atoms with van der Waals surface area (Å²) < 4.78 is 36.7. The molecule has 2 aromatic carbocycles. The number of piperidine rings is 1. The number of amides is 1. The van der Waals surface area contributed by atoms with E-state index in [9.17, 15) is 14.3 Å². The number of ether oxygens (including phenoxy) is 1. The predicted octanol–water partition coefficient (Wildman–Crippen LogP) is 4.07. The van der Waals surface area contributed by atoms with Crippen LogP contribution in [0.25, 0.3) is 11.0 Å². The van der Waals surface area contributed by atoms with Crippen LogP contribution in [0.5, 0.6) is 5.75 Å². The maximum absolute atomic E-state index is 15.1. The summed E-state index contributed by atoms with van der Waals surface area (Å²) >= 11 is 0. The SMILES string of the molecule is Cc1nc2cc(OCCN3CCC4(CC3)C(=O)Nc3ccc(F)cc34)cc(F)c2n1C1CC(C)(O)C1. The first-order valence-electron chi connectivity index (χ1n) is 12.5. The lowest BCUT2D eigenvalue weighted by Crippen LogP contribution is -2.47. The number of aryl methyl sites for hydroxylation is 1. The molecule has 9 heteroatoms. The van der Waals surface area contributed by atoms with Gasteiger partial charge < -0.3 is 19.7 Å². The number of hydrogen-bond donors (Lipinski definition) is 2. The molecule has 0 atom stereocenters. The third-order valence-corrected chi connectivity index (χ3v) is 8.17. The highest BCUT2D eigenvalue weighted by atomic mass is 19.1. The Morgan fingerprint density at radius 1 is 1.19 bits per heavy atom. The van der Waals surface area contributed by atoms with Crippen molar-refractivity contribution in [1.82, 2.24) is 14.5 Å². The maximum atomic E-state index is 15.1. The summed E-state index contributed by atoms with van der Waals surface area (Å²) in [4.78, 5) is 19.5. The first-order chi connectivity index (χ1) is 17.1. The molecule has 6 rings (SSSR count). The van der Waals surface area contributed by atoms with Crippen LogP contribution >= 0.6 is 0 Å². The fourth-order valence-electron chi connectivity index (χ4n) is 6.28. The number of fused-ring (bicyclic) bond motifs is 3. The molecule has 0 bridgehead atoms. The predicted molar refractivity (Wildman–Crippen MR) is 131 cm³/mol. The van der Waals surface area contributed by atoms with Gasteiger partial charge in [-0.2, -0.15) is 0 Å². The van der Waals surface area contributed by atoms with Gasteiger partial charge >= 0.3 is 0 Å². The minimum atomic E-state index is -0.706. The van der Waals surface area contributed by atoms with Gasteiger partial charge in [0.1, 0.15) is 29.5 Å². The quantitative estimate of drug-likeness (QED) is 0.557. The number of carbonyl (C=O) groups excluding carboxylic acids is 1. The van der Waals surface area contributed by atoms with E-state index < -0.39 is 11.0 Å². The van der Waals surface area contributed by atoms with Crippen molar-refractivity contribution in [2.75, 3.05) is 31.6 Å². The molecule has 1 saturated heterocycles. The summed E-state index contributed by atoms with van der Waals surface area (Å²) in [6.45, 7) is 6.04. The lowest BCUT2D eigenvalue weighted by molar-refractivity contribution is -0.122. The van der Waals surface area contributed by atoms with E-state index in [-0.39, 0.29) is 23.6 Å². The lowest BCUT2D eigenvalue weighted by Gasteiger charge is -2.42. The monoisotopic (exact) mass is 496 g/mol. The van der Waals surface area contributed by atoms with E-state index in [1.807, 2.05) is 11.5 Å². The number of imidazole rings is 1. The van der Waals surface area contributed by atoms with Crippen molar-refractivity contribution in [3.63, 3.8) is 0 Å². The second-order valence-electron chi connectivity index (χ2n) is 10.8. The average molecular weight is 497 g/mol. The molecule has 0 unspecified atom stereocenters. The summed E-state index contributed by atoms with van der Waals surface area (Å²) in [7, 11) is 0. The van der Waals surface area contributed by atoms with E-state index in [0.29, 0.717) is 74.4 Å². The lowest BCUT2D eigenvalue weighted by atomic mass is 9.73. The molecule has 1 amide bonds. The molecule has 3 aliphatic rings. The normalized spacial score (nSPS) is 25.1. The summed E-state index contributed by atoms with van der Waals surface area (Å²) in [6, 6.07) is 7.68. The van der Waals surface area contributed by atoms with Crippen LogP contribution in [0, 0.1) is 18.6 Å². The van der Waals surface area contributed by atoms with E-state index in [1.54, 1.807) is 19.1 Å². The van der Waals surface area contributed by atoms with Crippen molar-refractivity contribution in [3.8, 4) is 5.75 Å². The standard InChI is InChI=1S/C27H30F2N4O3/c1-16-30-23-13-19(12-21(29)24(23)33(16)18-14-26(2,35)15-18)36-10-9-32-7-5-27(6-8-32)20-11-17(28)3-4-22(20)31-25(27)34/h3-4,11-13,18,35H,5-10,14-15H2,1-2H3,(H,31,34). The Kier molecular flexibility index (Phi) is 5.35. The number of aromatic nitrogens is 2. The van der Waals surface area contributed by atoms with Crippen LogP contribution in [0.1, 0.15) is 50.0 Å². The van der Waals surface area contributed by atoms with Crippen LogP contribution < -0.4 is 10.1 Å². The minimum absolute atomic E-state index is 0.0408. The molecule has 1 aromatic heterocycles. The molecular formula is C27H30F2N4O3. The van der Waals surface area contributed by atoms with Gasteiger partial charge in [0.25, 0.3) is 0 Å². The number of rotatable bonds is 5. The van der Waals surface area contributed by atoms with E-state index >= 15 is 4.39 Å². The van der Waals surface area contributed by atoms with Crippen molar-refractivity contribution in [2.24, 2.45) is 0 Å². The Morgan fingerprint density at radius 3 is 2.67 bits per heavy atom. The number of nitrogens with zero attached hydrogens (tertiary/aromatic N) is 3. The molecule has 2 aliphatic heterocycles. The number of anilines is 1. The molecular weight excluding hydrogens is 466 g/mol. The molecule has 3 aromatic rings. The van der Waals surface area contributed by atoms with Crippen LogP contribution in [0.4, 0.5) is 14.5 Å². The van der Waals surface area contributed by atoms with Crippen molar-refractivity contribution in [3.05, 3.63) is 53.4 Å². The molecule has 7 nitrogen and oxygen atoms in total. The summed E-state index contributed by atoms with van der Waals surface area (Å²) in [5.74, 6) is 0.388. The van der Waals surface area contributed by atoms with Gasteiger partial charge in [0, 0.05) is 30.4 Å². The van der Waals surface area contributed by atoms with Crippen molar-refractivity contribution >= 4 is 22.6 Å². The highest BCUT2D eigenvalue weighted by Gasteiger charge is 2.48. The largest absolute Gasteiger partial charge is 0.492 e.